The van der Waals surface area contributed by atoms with Crippen molar-refractivity contribution in [2.45, 2.75) is 45.3 Å². The molecule has 0 N–H and O–H groups in total. The molecule has 1 unspecified atom stereocenters. The predicted octanol–water partition coefficient (Wildman–Crippen LogP) is 1.92. The molecule has 1 spiro atoms. The Hall–Kier alpha value is -1.16. The highest BCUT2D eigenvalue weighted by atomic mass is 16.5. The summed E-state index contributed by atoms with van der Waals surface area (Å²) in [6, 6.07) is 0. The Kier molecular flexibility index (Phi) is 2.06. The van der Waals surface area contributed by atoms with E-state index < -0.39 is 0 Å². The topological polar surface area (TPSA) is 44.1 Å². The molecule has 4 nitrogen and oxygen atoms in total. The molecule has 1 aromatic heterocycles. The van der Waals surface area contributed by atoms with Gasteiger partial charge in [0.05, 0.1) is 18.5 Å². The van der Waals surface area contributed by atoms with Crippen LogP contribution in [0.4, 0.5) is 0 Å². The fourth-order valence-corrected chi connectivity index (χ4v) is 3.34. The lowest BCUT2D eigenvalue weighted by Crippen LogP contribution is -2.43. The number of Topliss-reactive ketones (excluding diaryl/α,β-unsaturated/α-hetero) is 1. The maximum Gasteiger partial charge on any atom is 0.138 e. The van der Waals surface area contributed by atoms with Gasteiger partial charge < -0.3 is 4.74 Å². The highest BCUT2D eigenvalue weighted by molar-refractivity contribution is 5.85. The third-order valence-corrected chi connectivity index (χ3v) is 4.19. The van der Waals surface area contributed by atoms with Crippen molar-refractivity contribution in [3.05, 3.63) is 17.5 Å². The smallest absolute Gasteiger partial charge is 0.138 e. The molecule has 0 radical (unpaired) electrons. The number of hydrogen-bond donors (Lipinski definition) is 0. The number of rotatable bonds is 0. The van der Waals surface area contributed by atoms with Crippen LogP contribution in [-0.4, -0.2) is 15.6 Å². The molecule has 0 amide bonds. The summed E-state index contributed by atoms with van der Waals surface area (Å²) in [4.78, 5) is 11.9. The van der Waals surface area contributed by atoms with E-state index in [0.29, 0.717) is 18.8 Å². The van der Waals surface area contributed by atoms with Crippen molar-refractivity contribution in [1.29, 1.82) is 0 Å². The second-order valence-electron chi connectivity index (χ2n) is 5.91. The van der Waals surface area contributed by atoms with Gasteiger partial charge in [-0.05, 0) is 12.8 Å². The molecule has 92 valence electrons. The van der Waals surface area contributed by atoms with Gasteiger partial charge in [-0.3, -0.25) is 9.48 Å². The van der Waals surface area contributed by atoms with Crippen LogP contribution in [0.15, 0.2) is 6.20 Å². The molecule has 4 heteroatoms. The van der Waals surface area contributed by atoms with Gasteiger partial charge in [0.15, 0.2) is 0 Å². The van der Waals surface area contributed by atoms with Gasteiger partial charge in [-0.2, -0.15) is 5.10 Å². The molecule has 1 aliphatic heterocycles. The molecule has 1 saturated carbocycles. The summed E-state index contributed by atoms with van der Waals surface area (Å²) in [5, 5.41) is 4.31. The number of aryl methyl sites for hydroxylation is 1. The van der Waals surface area contributed by atoms with E-state index in [2.05, 4.69) is 5.10 Å². The summed E-state index contributed by atoms with van der Waals surface area (Å²) >= 11 is 0. The first-order valence-electron chi connectivity index (χ1n) is 6.13. The first-order chi connectivity index (χ1) is 7.95. The molecule has 17 heavy (non-hydrogen) atoms. The number of carbonyl (C=O) groups excluding carboxylic acids is 1. The number of carbonyl (C=O) groups is 1. The number of ketones is 1. The molecule has 1 aromatic rings. The number of aromatic nitrogens is 2. The van der Waals surface area contributed by atoms with Crippen molar-refractivity contribution >= 4 is 5.78 Å². The molecule has 0 aromatic carbocycles. The summed E-state index contributed by atoms with van der Waals surface area (Å²) in [6.45, 7) is 4.68. The lowest BCUT2D eigenvalue weighted by molar-refractivity contribution is -0.146. The quantitative estimate of drug-likeness (QED) is 0.689. The van der Waals surface area contributed by atoms with E-state index in [1.165, 1.54) is 11.3 Å². The van der Waals surface area contributed by atoms with Crippen LogP contribution in [0.25, 0.3) is 0 Å². The van der Waals surface area contributed by atoms with Crippen molar-refractivity contribution < 1.29 is 9.53 Å². The maximum atomic E-state index is 11.9. The van der Waals surface area contributed by atoms with Crippen LogP contribution >= 0.6 is 0 Å². The van der Waals surface area contributed by atoms with E-state index in [4.69, 9.17) is 4.74 Å². The molecule has 3 rings (SSSR count). The van der Waals surface area contributed by atoms with Gasteiger partial charge in [-0.1, -0.05) is 13.8 Å². The highest BCUT2D eigenvalue weighted by Gasteiger charge is 2.51. The Balaban J connectivity index is 2.05. The minimum Gasteiger partial charge on any atom is -0.364 e. The fraction of sp³-hybridized carbons (Fsp3) is 0.692. The molecule has 1 aliphatic carbocycles. The average molecular weight is 234 g/mol. The third-order valence-electron chi connectivity index (χ3n) is 4.19. The zero-order valence-electron chi connectivity index (χ0n) is 10.6. The van der Waals surface area contributed by atoms with Crippen LogP contribution in [0.5, 0.6) is 0 Å². The SMILES string of the molecule is Cn1ncc2c1C1(CCC(=O)C(C)(C)C1)OC2. The molecular formula is C13H18N2O2. The zero-order valence-corrected chi connectivity index (χ0v) is 10.6. The number of fused-ring (bicyclic) bond motifs is 2. The molecule has 2 aliphatic rings. The Morgan fingerprint density at radius 3 is 2.94 bits per heavy atom. The molecule has 1 atom stereocenters. The van der Waals surface area contributed by atoms with Crippen LogP contribution < -0.4 is 0 Å². The summed E-state index contributed by atoms with van der Waals surface area (Å²) < 4.78 is 7.95. The lowest BCUT2D eigenvalue weighted by atomic mass is 9.68. The van der Waals surface area contributed by atoms with Crippen LogP contribution in [0.1, 0.15) is 44.4 Å². The van der Waals surface area contributed by atoms with Crippen molar-refractivity contribution in [1.82, 2.24) is 9.78 Å². The number of nitrogens with zero attached hydrogens (tertiary/aromatic N) is 2. The van der Waals surface area contributed by atoms with Gasteiger partial charge in [0.25, 0.3) is 0 Å². The largest absolute Gasteiger partial charge is 0.364 e. The predicted molar refractivity (Wildman–Crippen MR) is 62.3 cm³/mol. The van der Waals surface area contributed by atoms with Gasteiger partial charge in [0.1, 0.15) is 11.4 Å². The van der Waals surface area contributed by atoms with E-state index in [1.807, 2.05) is 31.8 Å². The second-order valence-corrected chi connectivity index (χ2v) is 5.91. The molecular weight excluding hydrogens is 216 g/mol. The minimum absolute atomic E-state index is 0.280. The van der Waals surface area contributed by atoms with Crippen LogP contribution in [0.2, 0.25) is 0 Å². The number of hydrogen-bond acceptors (Lipinski definition) is 3. The minimum atomic E-state index is -0.288. The normalized spacial score (nSPS) is 30.9. The first-order valence-corrected chi connectivity index (χ1v) is 6.13. The standard InChI is InChI=1S/C13H18N2O2/c1-12(2)8-13(5-4-10(12)16)11-9(7-17-13)6-14-15(11)3/h6H,4-5,7-8H2,1-3H3. The van der Waals surface area contributed by atoms with Crippen LogP contribution in [-0.2, 0) is 28.8 Å². The van der Waals surface area contributed by atoms with Crippen molar-refractivity contribution in [3.63, 3.8) is 0 Å². The Morgan fingerprint density at radius 2 is 2.24 bits per heavy atom. The Labute approximate surface area is 101 Å². The molecule has 2 heterocycles. The summed E-state index contributed by atoms with van der Waals surface area (Å²) in [5.74, 6) is 0.349. The van der Waals surface area contributed by atoms with E-state index in [-0.39, 0.29) is 11.0 Å². The van der Waals surface area contributed by atoms with Gasteiger partial charge in [0.2, 0.25) is 0 Å². The average Bonchev–Trinajstić information content (AvgIpc) is 2.77. The van der Waals surface area contributed by atoms with E-state index in [1.54, 1.807) is 0 Å². The van der Waals surface area contributed by atoms with E-state index in [0.717, 1.165) is 12.8 Å². The summed E-state index contributed by atoms with van der Waals surface area (Å²) in [7, 11) is 1.96. The van der Waals surface area contributed by atoms with Gasteiger partial charge in [-0.25, -0.2) is 0 Å². The molecule has 1 fully saturated rings. The first kappa shape index (κ1) is 11.0. The van der Waals surface area contributed by atoms with Gasteiger partial charge in [0, 0.05) is 24.4 Å². The summed E-state index contributed by atoms with van der Waals surface area (Å²) in [5.41, 5.74) is 1.79. The van der Waals surface area contributed by atoms with Crippen molar-refractivity contribution in [2.24, 2.45) is 12.5 Å². The third kappa shape index (κ3) is 1.40. The van der Waals surface area contributed by atoms with Gasteiger partial charge >= 0.3 is 0 Å². The Morgan fingerprint density at radius 1 is 1.47 bits per heavy atom. The molecule has 0 saturated heterocycles. The fourth-order valence-electron chi connectivity index (χ4n) is 3.34. The zero-order chi connectivity index (χ0) is 12.3. The van der Waals surface area contributed by atoms with Crippen molar-refractivity contribution in [3.8, 4) is 0 Å². The summed E-state index contributed by atoms with van der Waals surface area (Å²) in [6.07, 6.45) is 4.05. The Bertz CT molecular complexity index is 490. The van der Waals surface area contributed by atoms with Crippen LogP contribution in [0, 0.1) is 5.41 Å². The molecule has 0 bridgehead atoms. The number of ether oxygens (including phenoxy) is 1. The van der Waals surface area contributed by atoms with E-state index >= 15 is 0 Å². The van der Waals surface area contributed by atoms with E-state index in [9.17, 15) is 4.79 Å². The monoisotopic (exact) mass is 234 g/mol. The van der Waals surface area contributed by atoms with Crippen LogP contribution in [0.3, 0.4) is 0 Å². The maximum absolute atomic E-state index is 11.9. The second kappa shape index (κ2) is 3.19. The van der Waals surface area contributed by atoms with Gasteiger partial charge in [-0.15, -0.1) is 0 Å². The lowest BCUT2D eigenvalue weighted by Gasteiger charge is -2.41. The highest BCUT2D eigenvalue weighted by Crippen LogP contribution is 2.50. The van der Waals surface area contributed by atoms with Crippen molar-refractivity contribution in [2.75, 3.05) is 0 Å².